The molecule has 284 valence electrons. The zero-order valence-electron chi connectivity index (χ0n) is 27.8. The van der Waals surface area contributed by atoms with E-state index in [1.807, 2.05) is 13.8 Å². The van der Waals surface area contributed by atoms with E-state index in [0.29, 0.717) is 47.3 Å². The van der Waals surface area contributed by atoms with Crippen molar-refractivity contribution in [1.29, 1.82) is 0 Å². The standard InChI is InChI=1S/2C16H13F3N2O3.2CO2/c2*1-10-8-13(6-7-20-10)22-15-9-14(24-21-15)11-2-4-12(5-3-11)23-16(17,18)19;2*2-1-3/h2*2-8,14H,9H2,1H3;;/t2*14-;;/m10../s1. The summed E-state index contributed by atoms with van der Waals surface area (Å²) in [6.45, 7) is 3.68. The first-order valence-corrected chi connectivity index (χ1v) is 15.0. The molecule has 0 bridgehead atoms. The molecule has 54 heavy (non-hydrogen) atoms. The third-order valence-electron chi connectivity index (χ3n) is 6.46. The van der Waals surface area contributed by atoms with Gasteiger partial charge in [-0.1, -0.05) is 34.6 Å². The van der Waals surface area contributed by atoms with E-state index in [1.165, 1.54) is 48.5 Å². The van der Waals surface area contributed by atoms with Crippen molar-refractivity contribution in [2.45, 2.75) is 51.6 Å². The lowest BCUT2D eigenvalue weighted by Crippen LogP contribution is -2.17. The molecule has 2 aromatic heterocycles. The van der Waals surface area contributed by atoms with Crippen molar-refractivity contribution in [3.8, 4) is 23.0 Å². The van der Waals surface area contributed by atoms with Crippen molar-refractivity contribution in [1.82, 2.24) is 9.97 Å². The van der Waals surface area contributed by atoms with Crippen molar-refractivity contribution in [3.63, 3.8) is 0 Å². The molecule has 0 radical (unpaired) electrons. The van der Waals surface area contributed by atoms with Crippen LogP contribution < -0.4 is 18.9 Å². The van der Waals surface area contributed by atoms with Crippen LogP contribution in [-0.2, 0) is 28.9 Å². The predicted molar refractivity (Wildman–Crippen MR) is 167 cm³/mol. The number of alkyl halides is 6. The number of hydrogen-bond acceptors (Lipinski definition) is 14. The first kappa shape index (κ1) is 41.6. The number of carbonyl (C=O) groups excluding carboxylic acids is 4. The van der Waals surface area contributed by atoms with Crippen LogP contribution in [0.15, 0.2) is 95.5 Å². The summed E-state index contributed by atoms with van der Waals surface area (Å²) in [6.07, 6.45) is -5.75. The fourth-order valence-electron chi connectivity index (χ4n) is 4.40. The number of halogens is 6. The summed E-state index contributed by atoms with van der Waals surface area (Å²) in [6, 6.07) is 17.9. The molecule has 2 atom stereocenters. The molecule has 4 heterocycles. The van der Waals surface area contributed by atoms with Crippen LogP contribution in [0.4, 0.5) is 26.3 Å². The first-order chi connectivity index (χ1) is 25.6. The molecule has 0 amide bonds. The van der Waals surface area contributed by atoms with Gasteiger partial charge in [0.1, 0.15) is 23.0 Å². The molecular formula is C34H26F6N4O10. The number of nitrogens with zero attached hydrogens (tertiary/aromatic N) is 4. The highest BCUT2D eigenvalue weighted by molar-refractivity contribution is 5.80. The van der Waals surface area contributed by atoms with Gasteiger partial charge < -0.3 is 28.6 Å². The minimum absolute atomic E-state index is 0.250. The summed E-state index contributed by atoms with van der Waals surface area (Å²) < 4.78 is 91.7. The van der Waals surface area contributed by atoms with Gasteiger partial charge in [0.05, 0.1) is 12.8 Å². The second-order valence-electron chi connectivity index (χ2n) is 10.4. The summed E-state index contributed by atoms with van der Waals surface area (Å²) in [7, 11) is 0. The summed E-state index contributed by atoms with van der Waals surface area (Å²) in [4.78, 5) is 51.2. The number of pyridine rings is 2. The SMILES string of the molecule is Cc1cc(OC2=NO[C@@H](c3ccc(OC(F)(F)F)cc3)C2)ccn1.Cc1cc(OC2=NO[C@H](c3ccc(OC(F)(F)F)cc3)C2)ccn1.O=C=O.O=C=O. The van der Waals surface area contributed by atoms with Crippen LogP contribution in [0.25, 0.3) is 0 Å². The van der Waals surface area contributed by atoms with Crippen molar-refractivity contribution in [2.75, 3.05) is 0 Å². The van der Waals surface area contributed by atoms with Crippen LogP contribution in [0.3, 0.4) is 0 Å². The monoisotopic (exact) mass is 764 g/mol. The van der Waals surface area contributed by atoms with Gasteiger partial charge in [-0.3, -0.25) is 9.97 Å². The maximum Gasteiger partial charge on any atom is 0.573 e. The Morgan fingerprint density at radius 3 is 1.20 bits per heavy atom. The number of hydrogen-bond donors (Lipinski definition) is 0. The average Bonchev–Trinajstić information content (AvgIpc) is 3.75. The number of benzene rings is 2. The van der Waals surface area contributed by atoms with Gasteiger partial charge in [0.2, 0.25) is 11.8 Å². The minimum atomic E-state index is -4.71. The van der Waals surface area contributed by atoms with Gasteiger partial charge in [-0.25, -0.2) is 0 Å². The lowest BCUT2D eigenvalue weighted by atomic mass is 10.1. The maximum absolute atomic E-state index is 12.1. The summed E-state index contributed by atoms with van der Waals surface area (Å²) in [5, 5.41) is 7.73. The second kappa shape index (κ2) is 19.7. The molecule has 0 spiro atoms. The molecule has 20 heteroatoms. The van der Waals surface area contributed by atoms with E-state index in [4.69, 9.17) is 38.3 Å². The predicted octanol–water partition coefficient (Wildman–Crippen LogP) is 7.12. The summed E-state index contributed by atoms with van der Waals surface area (Å²) >= 11 is 0. The Balaban J connectivity index is 0.000000254. The van der Waals surface area contributed by atoms with E-state index in [0.717, 1.165) is 11.4 Å². The number of aryl methyl sites for hydroxylation is 2. The van der Waals surface area contributed by atoms with Crippen LogP contribution >= 0.6 is 0 Å². The second-order valence-corrected chi connectivity index (χ2v) is 10.4. The normalized spacial score (nSPS) is 15.6. The molecule has 4 aromatic rings. The molecule has 0 N–H and O–H groups in total. The van der Waals surface area contributed by atoms with Crippen molar-refractivity contribution < 1.29 is 74.1 Å². The summed E-state index contributed by atoms with van der Waals surface area (Å²) in [5.41, 5.74) is 2.98. The third kappa shape index (κ3) is 14.8. The molecule has 0 saturated carbocycles. The van der Waals surface area contributed by atoms with Gasteiger partial charge >= 0.3 is 25.0 Å². The third-order valence-corrected chi connectivity index (χ3v) is 6.46. The van der Waals surface area contributed by atoms with Gasteiger partial charge in [0.25, 0.3) is 0 Å². The molecule has 6 rings (SSSR count). The first-order valence-electron chi connectivity index (χ1n) is 15.0. The highest BCUT2D eigenvalue weighted by Gasteiger charge is 2.32. The zero-order chi connectivity index (χ0) is 39.7. The van der Waals surface area contributed by atoms with Gasteiger partial charge in [-0.2, -0.15) is 19.2 Å². The van der Waals surface area contributed by atoms with Crippen LogP contribution in [0.2, 0.25) is 0 Å². The molecule has 0 unspecified atom stereocenters. The summed E-state index contributed by atoms with van der Waals surface area (Å²) in [5.74, 6) is 1.41. The van der Waals surface area contributed by atoms with Gasteiger partial charge in [-0.15, -0.1) is 26.3 Å². The van der Waals surface area contributed by atoms with Crippen LogP contribution in [-0.4, -0.2) is 46.8 Å². The quantitative estimate of drug-likeness (QED) is 0.182. The Kier molecular flexibility index (Phi) is 15.2. The molecule has 2 aromatic carbocycles. The Hall–Kier alpha value is -6.78. The van der Waals surface area contributed by atoms with Crippen molar-refractivity contribution in [3.05, 3.63) is 108 Å². The minimum Gasteiger partial charge on any atom is -0.439 e. The number of aromatic nitrogens is 2. The molecular weight excluding hydrogens is 738 g/mol. The fraction of sp³-hybridized carbons (Fsp3) is 0.235. The van der Waals surface area contributed by atoms with E-state index in [9.17, 15) is 26.3 Å². The molecule has 0 saturated heterocycles. The maximum atomic E-state index is 12.1. The Bertz CT molecular complexity index is 1800. The number of ether oxygens (including phenoxy) is 4. The lowest BCUT2D eigenvalue weighted by Gasteiger charge is -2.11. The number of rotatable bonds is 6. The van der Waals surface area contributed by atoms with Crippen LogP contribution in [0, 0.1) is 13.8 Å². The Morgan fingerprint density at radius 2 is 0.907 bits per heavy atom. The molecule has 14 nitrogen and oxygen atoms in total. The molecule has 2 aliphatic rings. The van der Waals surface area contributed by atoms with E-state index in [1.54, 1.807) is 36.7 Å². The smallest absolute Gasteiger partial charge is 0.439 e. The Labute approximate surface area is 300 Å². The van der Waals surface area contributed by atoms with E-state index >= 15 is 0 Å². The zero-order valence-corrected chi connectivity index (χ0v) is 27.8. The van der Waals surface area contributed by atoms with E-state index in [2.05, 4.69) is 29.8 Å². The molecule has 0 fully saturated rings. The number of oxime groups is 2. The topological polar surface area (TPSA) is 174 Å². The highest BCUT2D eigenvalue weighted by atomic mass is 19.4. The molecule has 2 aliphatic heterocycles. The van der Waals surface area contributed by atoms with Crippen LogP contribution in [0.1, 0.15) is 47.6 Å². The Morgan fingerprint density at radius 1 is 0.574 bits per heavy atom. The van der Waals surface area contributed by atoms with Crippen molar-refractivity contribution in [2.24, 2.45) is 10.3 Å². The lowest BCUT2D eigenvalue weighted by molar-refractivity contribution is -0.275. The van der Waals surface area contributed by atoms with Gasteiger partial charge in [-0.05, 0) is 61.4 Å². The molecule has 0 aliphatic carbocycles. The fourth-order valence-corrected chi connectivity index (χ4v) is 4.40. The van der Waals surface area contributed by atoms with Crippen LogP contribution in [0.5, 0.6) is 23.0 Å². The highest BCUT2D eigenvalue weighted by Crippen LogP contribution is 2.32. The van der Waals surface area contributed by atoms with Gasteiger partial charge in [0.15, 0.2) is 12.2 Å². The largest absolute Gasteiger partial charge is 0.573 e. The van der Waals surface area contributed by atoms with Crippen molar-refractivity contribution >= 4 is 24.1 Å². The average molecular weight is 765 g/mol. The van der Waals surface area contributed by atoms with E-state index in [-0.39, 0.29) is 23.8 Å². The van der Waals surface area contributed by atoms with E-state index < -0.39 is 24.9 Å². The van der Waals surface area contributed by atoms with Gasteiger partial charge in [0, 0.05) is 35.9 Å².